The molecule has 0 amide bonds. The number of rotatable bonds is 3. The van der Waals surface area contributed by atoms with E-state index < -0.39 is 0 Å². The molecule has 0 spiro atoms. The van der Waals surface area contributed by atoms with Gasteiger partial charge in [0.1, 0.15) is 5.69 Å². The molecule has 0 saturated heterocycles. The summed E-state index contributed by atoms with van der Waals surface area (Å²) >= 11 is 0. The predicted octanol–water partition coefficient (Wildman–Crippen LogP) is 0.954. The van der Waals surface area contributed by atoms with Crippen LogP contribution in [0.15, 0.2) is 11.1 Å². The molecule has 15 heavy (non-hydrogen) atoms. The first-order valence-corrected chi connectivity index (χ1v) is 5.34. The van der Waals surface area contributed by atoms with Crippen LogP contribution in [0, 0.1) is 5.92 Å². The summed E-state index contributed by atoms with van der Waals surface area (Å²) in [5.74, 6) is 1.20. The van der Waals surface area contributed by atoms with Gasteiger partial charge in [-0.2, -0.15) is 0 Å². The van der Waals surface area contributed by atoms with Gasteiger partial charge >= 0.3 is 0 Å². The first kappa shape index (κ1) is 10.0. The summed E-state index contributed by atoms with van der Waals surface area (Å²) in [6.45, 7) is 0.862. The van der Waals surface area contributed by atoms with Crippen LogP contribution in [0.5, 0.6) is 0 Å². The summed E-state index contributed by atoms with van der Waals surface area (Å²) in [6.07, 6.45) is 6.51. The molecule has 0 aromatic carbocycles. The van der Waals surface area contributed by atoms with E-state index in [0.717, 1.165) is 6.54 Å². The fourth-order valence-electron chi connectivity index (χ4n) is 2.01. The van der Waals surface area contributed by atoms with E-state index in [-0.39, 0.29) is 11.2 Å². The largest absolute Gasteiger partial charge is 0.391 e. The van der Waals surface area contributed by atoms with E-state index in [1.54, 1.807) is 0 Å². The molecule has 1 fully saturated rings. The standard InChI is InChI=1S/C10H16N4O/c11-8-9(13-6-14-10(8)15)12-5-7-3-1-2-4-7/h6-7H,1-5,11H2,(H2,12,13,14,15). The maximum Gasteiger partial charge on any atom is 0.276 e. The van der Waals surface area contributed by atoms with Gasteiger partial charge in [0.25, 0.3) is 5.56 Å². The van der Waals surface area contributed by atoms with Crippen molar-refractivity contribution >= 4 is 11.5 Å². The third-order valence-corrected chi connectivity index (χ3v) is 2.92. The van der Waals surface area contributed by atoms with Crippen molar-refractivity contribution in [1.82, 2.24) is 9.97 Å². The number of hydrogen-bond donors (Lipinski definition) is 3. The minimum Gasteiger partial charge on any atom is -0.391 e. The maximum absolute atomic E-state index is 11.2. The van der Waals surface area contributed by atoms with Crippen LogP contribution in [0.1, 0.15) is 25.7 Å². The molecule has 2 rings (SSSR count). The molecule has 0 aliphatic heterocycles. The number of H-pyrrole nitrogens is 1. The Morgan fingerprint density at radius 2 is 2.27 bits per heavy atom. The zero-order valence-electron chi connectivity index (χ0n) is 8.62. The van der Waals surface area contributed by atoms with Crippen molar-refractivity contribution < 1.29 is 0 Å². The van der Waals surface area contributed by atoms with Crippen molar-refractivity contribution in [2.24, 2.45) is 5.92 Å². The Morgan fingerprint density at radius 1 is 1.53 bits per heavy atom. The van der Waals surface area contributed by atoms with Crippen molar-refractivity contribution in [3.8, 4) is 0 Å². The van der Waals surface area contributed by atoms with Crippen molar-refractivity contribution in [2.45, 2.75) is 25.7 Å². The van der Waals surface area contributed by atoms with Crippen LogP contribution in [0.25, 0.3) is 0 Å². The first-order valence-electron chi connectivity index (χ1n) is 5.34. The molecule has 1 aromatic rings. The zero-order valence-corrected chi connectivity index (χ0v) is 8.62. The van der Waals surface area contributed by atoms with Gasteiger partial charge in [-0.3, -0.25) is 4.79 Å². The Morgan fingerprint density at radius 3 is 3.00 bits per heavy atom. The van der Waals surface area contributed by atoms with Crippen molar-refractivity contribution in [1.29, 1.82) is 0 Å². The van der Waals surface area contributed by atoms with Gasteiger partial charge in [0.2, 0.25) is 0 Å². The lowest BCUT2D eigenvalue weighted by molar-refractivity contribution is 0.579. The van der Waals surface area contributed by atoms with Gasteiger partial charge in [-0.15, -0.1) is 0 Å². The molecule has 82 valence electrons. The van der Waals surface area contributed by atoms with Crippen LogP contribution in [-0.2, 0) is 0 Å². The highest BCUT2D eigenvalue weighted by atomic mass is 16.1. The summed E-state index contributed by atoms with van der Waals surface area (Å²) in [5, 5.41) is 3.14. The number of nitrogens with one attached hydrogen (secondary N) is 2. The molecule has 5 heteroatoms. The fourth-order valence-corrected chi connectivity index (χ4v) is 2.01. The average molecular weight is 208 g/mol. The normalized spacial score (nSPS) is 16.8. The minimum atomic E-state index is -0.279. The zero-order chi connectivity index (χ0) is 10.7. The van der Waals surface area contributed by atoms with Gasteiger partial charge in [-0.05, 0) is 18.8 Å². The van der Waals surface area contributed by atoms with Crippen LogP contribution in [0.4, 0.5) is 11.5 Å². The fraction of sp³-hybridized carbons (Fsp3) is 0.600. The molecular weight excluding hydrogens is 192 g/mol. The number of anilines is 2. The second-order valence-corrected chi connectivity index (χ2v) is 4.03. The lowest BCUT2D eigenvalue weighted by Gasteiger charge is -2.11. The summed E-state index contributed by atoms with van der Waals surface area (Å²) in [5.41, 5.74) is 5.50. The maximum atomic E-state index is 11.2. The number of aromatic nitrogens is 2. The van der Waals surface area contributed by atoms with E-state index in [4.69, 9.17) is 5.73 Å². The lowest BCUT2D eigenvalue weighted by Crippen LogP contribution is -2.19. The van der Waals surface area contributed by atoms with E-state index in [0.29, 0.717) is 11.7 Å². The molecule has 1 aromatic heterocycles. The summed E-state index contributed by atoms with van der Waals surface area (Å²) in [4.78, 5) is 17.6. The van der Waals surface area contributed by atoms with Crippen LogP contribution in [0.3, 0.4) is 0 Å². The average Bonchev–Trinajstić information content (AvgIpc) is 2.73. The second-order valence-electron chi connectivity index (χ2n) is 4.03. The highest BCUT2D eigenvalue weighted by molar-refractivity contribution is 5.58. The first-order chi connectivity index (χ1) is 7.27. The third kappa shape index (κ3) is 2.29. The van der Waals surface area contributed by atoms with Gasteiger partial charge in [-0.1, -0.05) is 12.8 Å². The van der Waals surface area contributed by atoms with E-state index in [1.807, 2.05) is 0 Å². The molecule has 0 radical (unpaired) electrons. The Kier molecular flexibility index (Phi) is 2.89. The third-order valence-electron chi connectivity index (χ3n) is 2.92. The molecule has 0 bridgehead atoms. The molecule has 0 unspecified atom stereocenters. The molecular formula is C10H16N4O. The van der Waals surface area contributed by atoms with Crippen molar-refractivity contribution in [2.75, 3.05) is 17.6 Å². The Hall–Kier alpha value is -1.52. The molecule has 1 aliphatic rings. The van der Waals surface area contributed by atoms with Gasteiger partial charge < -0.3 is 16.0 Å². The monoisotopic (exact) mass is 208 g/mol. The van der Waals surface area contributed by atoms with Gasteiger partial charge in [-0.25, -0.2) is 4.98 Å². The number of nitrogens with two attached hydrogens (primary N) is 1. The minimum absolute atomic E-state index is 0.176. The molecule has 4 N–H and O–H groups in total. The van der Waals surface area contributed by atoms with Crippen LogP contribution in [0.2, 0.25) is 0 Å². The van der Waals surface area contributed by atoms with Gasteiger partial charge in [0, 0.05) is 6.54 Å². The SMILES string of the molecule is Nc1c(NCC2CCCC2)nc[nH]c1=O. The van der Waals surface area contributed by atoms with E-state index >= 15 is 0 Å². The van der Waals surface area contributed by atoms with Crippen LogP contribution >= 0.6 is 0 Å². The summed E-state index contributed by atoms with van der Waals surface area (Å²) in [7, 11) is 0. The predicted molar refractivity (Wildman–Crippen MR) is 59.7 cm³/mol. The van der Waals surface area contributed by atoms with E-state index in [9.17, 15) is 4.79 Å². The molecule has 5 nitrogen and oxygen atoms in total. The number of hydrogen-bond acceptors (Lipinski definition) is 4. The van der Waals surface area contributed by atoms with Gasteiger partial charge in [0.05, 0.1) is 6.33 Å². The topological polar surface area (TPSA) is 83.8 Å². The number of aromatic amines is 1. The summed E-state index contributed by atoms with van der Waals surface area (Å²) in [6, 6.07) is 0. The number of nitrogens with zero attached hydrogens (tertiary/aromatic N) is 1. The molecule has 0 atom stereocenters. The quantitative estimate of drug-likeness (QED) is 0.690. The van der Waals surface area contributed by atoms with Crippen molar-refractivity contribution in [3.05, 3.63) is 16.7 Å². The second kappa shape index (κ2) is 4.33. The highest BCUT2D eigenvalue weighted by Gasteiger charge is 2.15. The molecule has 1 aliphatic carbocycles. The van der Waals surface area contributed by atoms with Crippen LogP contribution < -0.4 is 16.6 Å². The highest BCUT2D eigenvalue weighted by Crippen LogP contribution is 2.24. The lowest BCUT2D eigenvalue weighted by atomic mass is 10.1. The van der Waals surface area contributed by atoms with Gasteiger partial charge in [0.15, 0.2) is 5.82 Å². The van der Waals surface area contributed by atoms with E-state index in [1.165, 1.54) is 32.0 Å². The number of nitrogen functional groups attached to an aromatic ring is 1. The van der Waals surface area contributed by atoms with Crippen LogP contribution in [-0.4, -0.2) is 16.5 Å². The summed E-state index contributed by atoms with van der Waals surface area (Å²) < 4.78 is 0. The van der Waals surface area contributed by atoms with E-state index in [2.05, 4.69) is 15.3 Å². The Labute approximate surface area is 88.1 Å². The molecule has 1 saturated carbocycles. The smallest absolute Gasteiger partial charge is 0.276 e. The molecule has 1 heterocycles. The Bertz CT molecular complexity index is 381. The Balaban J connectivity index is 1.98. The van der Waals surface area contributed by atoms with Crippen molar-refractivity contribution in [3.63, 3.8) is 0 Å².